The SMILES string of the molecule is Cc1cc2c(c(C(O)C3CCCN3)c1)OCCCC2. The first-order chi connectivity index (χ1) is 9.25. The second-order valence-corrected chi connectivity index (χ2v) is 5.80. The molecular formula is C16H23NO2. The molecule has 3 rings (SSSR count). The van der Waals surface area contributed by atoms with Gasteiger partial charge in [0.2, 0.25) is 0 Å². The predicted molar refractivity (Wildman–Crippen MR) is 75.6 cm³/mol. The van der Waals surface area contributed by atoms with E-state index in [1.165, 1.54) is 17.5 Å². The number of aliphatic hydroxyl groups excluding tert-OH is 1. The average molecular weight is 261 g/mol. The summed E-state index contributed by atoms with van der Waals surface area (Å²) < 4.78 is 5.93. The highest BCUT2D eigenvalue weighted by atomic mass is 16.5. The number of hydrogen-bond donors (Lipinski definition) is 2. The van der Waals surface area contributed by atoms with E-state index in [1.807, 2.05) is 0 Å². The number of nitrogens with one attached hydrogen (secondary N) is 1. The van der Waals surface area contributed by atoms with E-state index in [0.717, 1.165) is 50.1 Å². The minimum absolute atomic E-state index is 0.178. The Balaban J connectivity index is 1.96. The van der Waals surface area contributed by atoms with Crippen molar-refractivity contribution in [2.24, 2.45) is 0 Å². The summed E-state index contributed by atoms with van der Waals surface area (Å²) in [5.74, 6) is 0.948. The van der Waals surface area contributed by atoms with Gasteiger partial charge in [0, 0.05) is 11.6 Å². The maximum Gasteiger partial charge on any atom is 0.128 e. The van der Waals surface area contributed by atoms with Crippen LogP contribution in [-0.4, -0.2) is 24.3 Å². The molecule has 2 unspecified atom stereocenters. The van der Waals surface area contributed by atoms with Gasteiger partial charge in [-0.2, -0.15) is 0 Å². The van der Waals surface area contributed by atoms with Gasteiger partial charge < -0.3 is 15.2 Å². The van der Waals surface area contributed by atoms with Gasteiger partial charge >= 0.3 is 0 Å². The van der Waals surface area contributed by atoms with E-state index in [9.17, 15) is 5.11 Å². The maximum absolute atomic E-state index is 10.7. The van der Waals surface area contributed by atoms with Crippen LogP contribution in [0.5, 0.6) is 5.75 Å². The quantitative estimate of drug-likeness (QED) is 0.859. The second kappa shape index (κ2) is 5.51. The number of rotatable bonds is 2. The Bertz CT molecular complexity index is 452. The third-order valence-electron chi connectivity index (χ3n) is 4.22. The van der Waals surface area contributed by atoms with E-state index in [1.54, 1.807) is 0 Å². The molecule has 104 valence electrons. The summed E-state index contributed by atoms with van der Waals surface area (Å²) in [5, 5.41) is 14.0. The molecule has 1 fully saturated rings. The van der Waals surface area contributed by atoms with Crippen molar-refractivity contribution in [1.82, 2.24) is 5.32 Å². The molecule has 2 heterocycles. The Kier molecular flexibility index (Phi) is 3.76. The molecule has 2 aliphatic heterocycles. The standard InChI is InChI=1S/C16H23NO2/c1-11-9-12-5-2-3-8-19-16(12)13(10-11)15(18)14-6-4-7-17-14/h9-10,14-15,17-18H,2-8H2,1H3. The molecule has 2 atom stereocenters. The van der Waals surface area contributed by atoms with Gasteiger partial charge in [-0.15, -0.1) is 0 Å². The Morgan fingerprint density at radius 2 is 2.21 bits per heavy atom. The molecule has 2 N–H and O–H groups in total. The zero-order chi connectivity index (χ0) is 13.2. The summed E-state index contributed by atoms with van der Waals surface area (Å²) in [4.78, 5) is 0. The highest BCUT2D eigenvalue weighted by molar-refractivity contribution is 5.46. The van der Waals surface area contributed by atoms with Crippen molar-refractivity contribution in [3.05, 3.63) is 28.8 Å². The van der Waals surface area contributed by atoms with Crippen LogP contribution < -0.4 is 10.1 Å². The third kappa shape index (κ3) is 2.63. The van der Waals surface area contributed by atoms with Gasteiger partial charge in [0.15, 0.2) is 0 Å². The largest absolute Gasteiger partial charge is 0.493 e. The highest BCUT2D eigenvalue weighted by Crippen LogP contribution is 2.36. The van der Waals surface area contributed by atoms with Gasteiger partial charge in [-0.05, 0) is 57.2 Å². The number of ether oxygens (including phenoxy) is 1. The van der Waals surface area contributed by atoms with Crippen LogP contribution in [0.15, 0.2) is 12.1 Å². The smallest absolute Gasteiger partial charge is 0.128 e. The van der Waals surface area contributed by atoms with Gasteiger partial charge in [-0.1, -0.05) is 11.6 Å². The lowest BCUT2D eigenvalue weighted by Crippen LogP contribution is -2.29. The van der Waals surface area contributed by atoms with Crippen molar-refractivity contribution in [3.63, 3.8) is 0 Å². The van der Waals surface area contributed by atoms with Crippen molar-refractivity contribution in [3.8, 4) is 5.75 Å². The molecule has 0 bridgehead atoms. The zero-order valence-corrected chi connectivity index (χ0v) is 11.6. The molecule has 0 radical (unpaired) electrons. The van der Waals surface area contributed by atoms with E-state index in [2.05, 4.69) is 24.4 Å². The van der Waals surface area contributed by atoms with Crippen LogP contribution in [-0.2, 0) is 6.42 Å². The van der Waals surface area contributed by atoms with Crippen LogP contribution in [0.25, 0.3) is 0 Å². The van der Waals surface area contributed by atoms with E-state index in [-0.39, 0.29) is 6.04 Å². The number of aryl methyl sites for hydroxylation is 2. The monoisotopic (exact) mass is 261 g/mol. The van der Waals surface area contributed by atoms with Gasteiger partial charge in [0.1, 0.15) is 5.75 Å². The lowest BCUT2D eigenvalue weighted by molar-refractivity contribution is 0.132. The van der Waals surface area contributed by atoms with Gasteiger partial charge in [-0.25, -0.2) is 0 Å². The molecule has 0 aromatic heterocycles. The van der Waals surface area contributed by atoms with Crippen LogP contribution >= 0.6 is 0 Å². The Labute approximate surface area is 115 Å². The van der Waals surface area contributed by atoms with Crippen LogP contribution in [0.2, 0.25) is 0 Å². The molecule has 1 aromatic rings. The number of aliphatic hydroxyl groups is 1. The van der Waals surface area contributed by atoms with E-state index >= 15 is 0 Å². The number of fused-ring (bicyclic) bond motifs is 1. The Morgan fingerprint density at radius 3 is 3.00 bits per heavy atom. The molecule has 3 heteroatoms. The summed E-state index contributed by atoms with van der Waals surface area (Å²) in [6.07, 6.45) is 5.09. The van der Waals surface area contributed by atoms with Gasteiger partial charge in [0.05, 0.1) is 12.7 Å². The molecular weight excluding hydrogens is 238 g/mol. The first kappa shape index (κ1) is 12.9. The summed E-state index contributed by atoms with van der Waals surface area (Å²) >= 11 is 0. The van der Waals surface area contributed by atoms with Crippen molar-refractivity contribution in [2.75, 3.05) is 13.2 Å². The van der Waals surface area contributed by atoms with Crippen LogP contribution in [0.3, 0.4) is 0 Å². The molecule has 1 aromatic carbocycles. The predicted octanol–water partition coefficient (Wildman–Crippen LogP) is 2.50. The van der Waals surface area contributed by atoms with E-state index in [0.29, 0.717) is 0 Å². The lowest BCUT2D eigenvalue weighted by atomic mass is 9.94. The van der Waals surface area contributed by atoms with Crippen LogP contribution in [0, 0.1) is 6.92 Å². The van der Waals surface area contributed by atoms with E-state index in [4.69, 9.17) is 4.74 Å². The Morgan fingerprint density at radius 1 is 1.32 bits per heavy atom. The molecule has 0 spiro atoms. The summed E-state index contributed by atoms with van der Waals surface area (Å²) in [6, 6.07) is 4.48. The molecule has 2 aliphatic rings. The Hall–Kier alpha value is -1.06. The zero-order valence-electron chi connectivity index (χ0n) is 11.6. The molecule has 0 saturated carbocycles. The second-order valence-electron chi connectivity index (χ2n) is 5.80. The fourth-order valence-corrected chi connectivity index (χ4v) is 3.25. The van der Waals surface area contributed by atoms with Crippen LogP contribution in [0.4, 0.5) is 0 Å². The summed E-state index contributed by atoms with van der Waals surface area (Å²) in [6.45, 7) is 3.88. The van der Waals surface area contributed by atoms with Gasteiger partial charge in [0.25, 0.3) is 0 Å². The maximum atomic E-state index is 10.7. The summed E-state index contributed by atoms with van der Waals surface area (Å²) in [5.41, 5.74) is 3.47. The summed E-state index contributed by atoms with van der Waals surface area (Å²) in [7, 11) is 0. The van der Waals surface area contributed by atoms with E-state index < -0.39 is 6.10 Å². The number of benzene rings is 1. The average Bonchev–Trinajstić information content (AvgIpc) is 2.83. The van der Waals surface area contributed by atoms with Crippen molar-refractivity contribution in [1.29, 1.82) is 0 Å². The topological polar surface area (TPSA) is 41.5 Å². The first-order valence-corrected chi connectivity index (χ1v) is 7.43. The van der Waals surface area contributed by atoms with Gasteiger partial charge in [-0.3, -0.25) is 0 Å². The number of hydrogen-bond acceptors (Lipinski definition) is 3. The molecule has 0 amide bonds. The highest BCUT2D eigenvalue weighted by Gasteiger charge is 2.28. The fraction of sp³-hybridized carbons (Fsp3) is 0.625. The van der Waals surface area contributed by atoms with Crippen molar-refractivity contribution >= 4 is 0 Å². The molecule has 19 heavy (non-hydrogen) atoms. The molecule has 0 aliphatic carbocycles. The fourth-order valence-electron chi connectivity index (χ4n) is 3.25. The first-order valence-electron chi connectivity index (χ1n) is 7.43. The normalized spacial score (nSPS) is 24.4. The van der Waals surface area contributed by atoms with Crippen LogP contribution in [0.1, 0.15) is 48.5 Å². The minimum atomic E-state index is -0.450. The molecule has 3 nitrogen and oxygen atoms in total. The minimum Gasteiger partial charge on any atom is -0.493 e. The third-order valence-corrected chi connectivity index (χ3v) is 4.22. The van der Waals surface area contributed by atoms with Crippen molar-refractivity contribution in [2.45, 2.75) is 51.2 Å². The lowest BCUT2D eigenvalue weighted by Gasteiger charge is -2.23. The van der Waals surface area contributed by atoms with Crippen molar-refractivity contribution < 1.29 is 9.84 Å². The molecule has 1 saturated heterocycles.